The molecule has 0 fully saturated rings. The third-order valence-electron chi connectivity index (χ3n) is 3.35. The maximum absolute atomic E-state index is 12.0. The van der Waals surface area contributed by atoms with Crippen molar-refractivity contribution in [1.29, 1.82) is 0 Å². The van der Waals surface area contributed by atoms with Gasteiger partial charge in [0.05, 0.1) is 13.0 Å². The summed E-state index contributed by atoms with van der Waals surface area (Å²) in [6.07, 6.45) is -0.0490. The van der Waals surface area contributed by atoms with Crippen molar-refractivity contribution in [2.24, 2.45) is 5.92 Å². The summed E-state index contributed by atoms with van der Waals surface area (Å²) in [5, 5.41) is 11.4. The second-order valence-electron chi connectivity index (χ2n) is 6.28. The molecule has 6 heteroatoms. The van der Waals surface area contributed by atoms with Gasteiger partial charge in [-0.05, 0) is 35.7 Å². The predicted molar refractivity (Wildman–Crippen MR) is 98.7 cm³/mol. The summed E-state index contributed by atoms with van der Waals surface area (Å²) in [5.74, 6) is 0.482. The second kappa shape index (κ2) is 9.46. The maximum Gasteiger partial charge on any atom is 0.307 e. The van der Waals surface area contributed by atoms with Crippen molar-refractivity contribution in [3.05, 3.63) is 54.1 Å². The highest BCUT2D eigenvalue weighted by Gasteiger charge is 2.06. The minimum Gasteiger partial charge on any atom is -0.493 e. The molecule has 6 nitrogen and oxygen atoms in total. The Labute approximate surface area is 152 Å². The van der Waals surface area contributed by atoms with Crippen molar-refractivity contribution < 1.29 is 24.2 Å². The van der Waals surface area contributed by atoms with Gasteiger partial charge >= 0.3 is 5.97 Å². The standard InChI is InChI=1S/C20H23NO5/c1-14(2)12-25-17-4-3-5-18(11-17)26-13-19(22)21-16-8-6-15(7-9-16)10-20(23)24/h3-9,11,14H,10,12-13H2,1-2H3,(H,21,22)(H,23,24). The Bertz CT molecular complexity index is 740. The summed E-state index contributed by atoms with van der Waals surface area (Å²) >= 11 is 0. The van der Waals surface area contributed by atoms with E-state index in [9.17, 15) is 9.59 Å². The minimum absolute atomic E-state index is 0.0490. The third-order valence-corrected chi connectivity index (χ3v) is 3.35. The Morgan fingerprint density at radius 3 is 2.31 bits per heavy atom. The van der Waals surface area contributed by atoms with E-state index in [1.807, 2.05) is 12.1 Å². The molecule has 138 valence electrons. The molecule has 0 aliphatic rings. The highest BCUT2D eigenvalue weighted by atomic mass is 16.5. The van der Waals surface area contributed by atoms with Gasteiger partial charge in [0.1, 0.15) is 11.5 Å². The van der Waals surface area contributed by atoms with Gasteiger partial charge in [-0.3, -0.25) is 9.59 Å². The molecule has 2 aromatic carbocycles. The number of nitrogens with one attached hydrogen (secondary N) is 1. The van der Waals surface area contributed by atoms with Crippen LogP contribution in [-0.4, -0.2) is 30.2 Å². The van der Waals surface area contributed by atoms with Crippen LogP contribution >= 0.6 is 0 Å². The lowest BCUT2D eigenvalue weighted by Crippen LogP contribution is -2.20. The molecule has 0 atom stereocenters. The zero-order valence-electron chi connectivity index (χ0n) is 14.9. The van der Waals surface area contributed by atoms with E-state index >= 15 is 0 Å². The Kier molecular flexibility index (Phi) is 7.02. The smallest absolute Gasteiger partial charge is 0.307 e. The number of hydrogen-bond donors (Lipinski definition) is 2. The first-order valence-corrected chi connectivity index (χ1v) is 8.38. The monoisotopic (exact) mass is 357 g/mol. The van der Waals surface area contributed by atoms with E-state index in [-0.39, 0.29) is 18.9 Å². The molecule has 2 rings (SSSR count). The molecular formula is C20H23NO5. The number of ether oxygens (including phenoxy) is 2. The normalized spacial score (nSPS) is 10.4. The van der Waals surface area contributed by atoms with Gasteiger partial charge in [0.15, 0.2) is 6.61 Å². The summed E-state index contributed by atoms with van der Waals surface area (Å²) < 4.78 is 11.1. The van der Waals surface area contributed by atoms with Gasteiger partial charge in [0.2, 0.25) is 0 Å². The van der Waals surface area contributed by atoms with Crippen molar-refractivity contribution in [1.82, 2.24) is 0 Å². The molecule has 26 heavy (non-hydrogen) atoms. The molecule has 0 saturated carbocycles. The number of carbonyl (C=O) groups excluding carboxylic acids is 1. The molecule has 0 unspecified atom stereocenters. The lowest BCUT2D eigenvalue weighted by molar-refractivity contribution is -0.136. The van der Waals surface area contributed by atoms with Gasteiger partial charge in [-0.2, -0.15) is 0 Å². The SMILES string of the molecule is CC(C)COc1cccc(OCC(=O)Nc2ccc(CC(=O)O)cc2)c1. The number of carboxylic acids is 1. The molecule has 1 amide bonds. The van der Waals surface area contributed by atoms with Crippen LogP contribution in [0.5, 0.6) is 11.5 Å². The van der Waals surface area contributed by atoms with Crippen LogP contribution in [0.3, 0.4) is 0 Å². The van der Waals surface area contributed by atoms with Crippen LogP contribution in [0.4, 0.5) is 5.69 Å². The zero-order valence-corrected chi connectivity index (χ0v) is 14.9. The van der Waals surface area contributed by atoms with Gasteiger partial charge in [0, 0.05) is 11.8 Å². The molecule has 2 aromatic rings. The van der Waals surface area contributed by atoms with Crippen LogP contribution in [0, 0.1) is 5.92 Å². The summed E-state index contributed by atoms with van der Waals surface area (Å²) in [6, 6.07) is 13.8. The van der Waals surface area contributed by atoms with E-state index in [4.69, 9.17) is 14.6 Å². The van der Waals surface area contributed by atoms with E-state index in [0.29, 0.717) is 35.3 Å². The molecular weight excluding hydrogens is 334 g/mol. The highest BCUT2D eigenvalue weighted by Crippen LogP contribution is 2.20. The molecule has 0 aromatic heterocycles. The van der Waals surface area contributed by atoms with Crippen molar-refractivity contribution in [2.75, 3.05) is 18.5 Å². The Hall–Kier alpha value is -3.02. The van der Waals surface area contributed by atoms with Crippen molar-refractivity contribution >= 4 is 17.6 Å². The number of carboxylic acid groups (broad SMARTS) is 1. The quantitative estimate of drug-likeness (QED) is 0.719. The molecule has 0 spiro atoms. The topological polar surface area (TPSA) is 84.9 Å². The molecule has 0 radical (unpaired) electrons. The van der Waals surface area contributed by atoms with E-state index in [2.05, 4.69) is 19.2 Å². The van der Waals surface area contributed by atoms with Crippen molar-refractivity contribution in [3.8, 4) is 11.5 Å². The van der Waals surface area contributed by atoms with Crippen LogP contribution in [-0.2, 0) is 16.0 Å². The fourth-order valence-corrected chi connectivity index (χ4v) is 2.14. The van der Waals surface area contributed by atoms with Crippen LogP contribution < -0.4 is 14.8 Å². The lowest BCUT2D eigenvalue weighted by atomic mass is 10.1. The summed E-state index contributed by atoms with van der Waals surface area (Å²) in [6.45, 7) is 4.62. The Morgan fingerprint density at radius 1 is 1.04 bits per heavy atom. The highest BCUT2D eigenvalue weighted by molar-refractivity contribution is 5.91. The number of anilines is 1. The zero-order chi connectivity index (χ0) is 18.9. The molecule has 0 heterocycles. The van der Waals surface area contributed by atoms with Crippen LogP contribution in [0.1, 0.15) is 19.4 Å². The Morgan fingerprint density at radius 2 is 1.69 bits per heavy atom. The fraction of sp³-hybridized carbons (Fsp3) is 0.300. The van der Waals surface area contributed by atoms with Gasteiger partial charge in [-0.25, -0.2) is 0 Å². The molecule has 2 N–H and O–H groups in total. The van der Waals surface area contributed by atoms with Crippen LogP contribution in [0.15, 0.2) is 48.5 Å². The van der Waals surface area contributed by atoms with Crippen LogP contribution in [0.2, 0.25) is 0 Å². The second-order valence-corrected chi connectivity index (χ2v) is 6.28. The van der Waals surface area contributed by atoms with Gasteiger partial charge < -0.3 is 19.9 Å². The van der Waals surface area contributed by atoms with E-state index in [1.54, 1.807) is 36.4 Å². The van der Waals surface area contributed by atoms with Crippen LogP contribution in [0.25, 0.3) is 0 Å². The molecule has 0 aliphatic heterocycles. The maximum atomic E-state index is 12.0. The average molecular weight is 357 g/mol. The van der Waals surface area contributed by atoms with E-state index in [1.165, 1.54) is 0 Å². The summed E-state index contributed by atoms with van der Waals surface area (Å²) in [5.41, 5.74) is 1.26. The summed E-state index contributed by atoms with van der Waals surface area (Å²) in [4.78, 5) is 22.6. The summed E-state index contributed by atoms with van der Waals surface area (Å²) in [7, 11) is 0. The number of rotatable bonds is 9. The first-order valence-electron chi connectivity index (χ1n) is 8.38. The van der Waals surface area contributed by atoms with Gasteiger partial charge in [0.25, 0.3) is 5.91 Å². The molecule has 0 bridgehead atoms. The average Bonchev–Trinajstić information content (AvgIpc) is 2.60. The number of amides is 1. The number of aliphatic carboxylic acids is 1. The van der Waals surface area contributed by atoms with E-state index < -0.39 is 5.97 Å². The largest absolute Gasteiger partial charge is 0.493 e. The number of carbonyl (C=O) groups is 2. The Balaban J connectivity index is 1.83. The minimum atomic E-state index is -0.894. The molecule has 0 aliphatic carbocycles. The lowest BCUT2D eigenvalue weighted by Gasteiger charge is -2.11. The third kappa shape index (κ3) is 6.84. The van der Waals surface area contributed by atoms with E-state index in [0.717, 1.165) is 0 Å². The van der Waals surface area contributed by atoms with Gasteiger partial charge in [-0.15, -0.1) is 0 Å². The predicted octanol–water partition coefficient (Wildman–Crippen LogP) is 3.37. The first kappa shape index (κ1) is 19.3. The molecule has 0 saturated heterocycles. The number of hydrogen-bond acceptors (Lipinski definition) is 4. The first-order chi connectivity index (χ1) is 12.4. The van der Waals surface area contributed by atoms with Crippen molar-refractivity contribution in [2.45, 2.75) is 20.3 Å². The van der Waals surface area contributed by atoms with Gasteiger partial charge in [-0.1, -0.05) is 32.0 Å². The number of benzene rings is 2. The van der Waals surface area contributed by atoms with Crippen molar-refractivity contribution in [3.63, 3.8) is 0 Å². The fourth-order valence-electron chi connectivity index (χ4n) is 2.14.